The Morgan fingerprint density at radius 3 is 2.73 bits per heavy atom. The molecule has 7 heteroatoms. The number of hydrogen-bond acceptors (Lipinski definition) is 3. The normalized spacial score (nSPS) is 10.7. The molecule has 0 radical (unpaired) electrons. The minimum absolute atomic E-state index is 0.187. The molecule has 0 bridgehead atoms. The first-order valence-corrected chi connectivity index (χ1v) is 6.90. The minimum Gasteiger partial charge on any atom is -0.282 e. The highest BCUT2D eigenvalue weighted by Gasteiger charge is 2.11. The van der Waals surface area contributed by atoms with Gasteiger partial charge in [-0.15, -0.1) is 0 Å². The number of hydrogen-bond donors (Lipinski definition) is 1. The van der Waals surface area contributed by atoms with Crippen molar-refractivity contribution in [2.24, 2.45) is 0 Å². The molecule has 0 aliphatic rings. The Hall–Kier alpha value is -0.770. The molecule has 0 saturated heterocycles. The molecule has 0 aliphatic carbocycles. The van der Waals surface area contributed by atoms with Crippen LogP contribution in [0.5, 0.6) is 0 Å². The van der Waals surface area contributed by atoms with Crippen LogP contribution >= 0.6 is 27.5 Å². The Labute approximate surface area is 101 Å². The van der Waals surface area contributed by atoms with Gasteiger partial charge >= 0.3 is 0 Å². The second-order valence-corrected chi connectivity index (χ2v) is 6.09. The van der Waals surface area contributed by atoms with Gasteiger partial charge in [0.2, 0.25) is 10.0 Å². The number of nitriles is 1. The molecule has 4 nitrogen and oxygen atoms in total. The quantitative estimate of drug-likeness (QED) is 0.871. The fourth-order valence-electron chi connectivity index (χ4n) is 0.893. The van der Waals surface area contributed by atoms with E-state index in [2.05, 4.69) is 20.7 Å². The summed E-state index contributed by atoms with van der Waals surface area (Å²) in [5.74, 6) is 0. The van der Waals surface area contributed by atoms with E-state index < -0.39 is 10.0 Å². The zero-order valence-electron chi connectivity index (χ0n) is 7.37. The first-order valence-electron chi connectivity index (χ1n) is 3.74. The molecule has 1 aromatic carbocycles. The van der Waals surface area contributed by atoms with Crippen LogP contribution in [0.4, 0.5) is 5.69 Å². The summed E-state index contributed by atoms with van der Waals surface area (Å²) in [6.07, 6.45) is 0. The van der Waals surface area contributed by atoms with Crippen molar-refractivity contribution >= 4 is 43.2 Å². The first-order chi connectivity index (χ1) is 6.98. The molecule has 0 aliphatic heterocycles. The predicted molar refractivity (Wildman–Crippen MR) is 62.5 cm³/mol. The maximum atomic E-state index is 11.2. The van der Waals surface area contributed by atoms with E-state index in [0.29, 0.717) is 5.02 Å². The smallest absolute Gasteiger partial charge is 0.242 e. The van der Waals surface area contributed by atoms with Crippen LogP contribution in [0.2, 0.25) is 5.02 Å². The van der Waals surface area contributed by atoms with Crippen molar-refractivity contribution in [2.75, 3.05) is 9.38 Å². The highest BCUT2D eigenvalue weighted by Crippen LogP contribution is 2.21. The van der Waals surface area contributed by atoms with Gasteiger partial charge in [-0.05, 0) is 18.2 Å². The Balaban J connectivity index is 3.12. The molecular weight excluding hydrogens is 304 g/mol. The monoisotopic (exact) mass is 308 g/mol. The average Bonchev–Trinajstić information content (AvgIpc) is 2.20. The third kappa shape index (κ3) is 3.38. The summed E-state index contributed by atoms with van der Waals surface area (Å²) < 4.78 is 24.5. The van der Waals surface area contributed by atoms with E-state index in [1.54, 1.807) is 0 Å². The van der Waals surface area contributed by atoms with Crippen molar-refractivity contribution in [3.05, 3.63) is 28.8 Å². The van der Waals surface area contributed by atoms with E-state index in [1.807, 2.05) is 6.07 Å². The molecule has 0 aromatic heterocycles. The van der Waals surface area contributed by atoms with Gasteiger partial charge in [0, 0.05) is 5.02 Å². The topological polar surface area (TPSA) is 70.0 Å². The number of anilines is 1. The number of rotatable bonds is 3. The van der Waals surface area contributed by atoms with Crippen LogP contribution in [0, 0.1) is 11.3 Å². The molecule has 1 aromatic rings. The lowest BCUT2D eigenvalue weighted by Crippen LogP contribution is -2.14. The van der Waals surface area contributed by atoms with Crippen LogP contribution in [0.3, 0.4) is 0 Å². The molecule has 1 rings (SSSR count). The van der Waals surface area contributed by atoms with Gasteiger partial charge in [0.15, 0.2) is 0 Å². The summed E-state index contributed by atoms with van der Waals surface area (Å²) in [4.78, 5) is 0. The van der Waals surface area contributed by atoms with E-state index in [9.17, 15) is 8.42 Å². The third-order valence-electron chi connectivity index (χ3n) is 1.51. The van der Waals surface area contributed by atoms with Gasteiger partial charge in [-0.3, -0.25) is 4.72 Å². The first kappa shape index (κ1) is 12.3. The van der Waals surface area contributed by atoms with Gasteiger partial charge in [0.1, 0.15) is 10.7 Å². The Kier molecular flexibility index (Phi) is 3.97. The average molecular weight is 310 g/mol. The van der Waals surface area contributed by atoms with E-state index in [-0.39, 0.29) is 15.9 Å². The SMILES string of the molecule is N#Cc1cc(Cl)ccc1NS(=O)(=O)CBr. The highest BCUT2D eigenvalue weighted by molar-refractivity contribution is 9.10. The molecule has 0 unspecified atom stereocenters. The molecular formula is C8H6BrClN2O2S. The second kappa shape index (κ2) is 4.84. The Morgan fingerprint density at radius 1 is 1.53 bits per heavy atom. The zero-order valence-corrected chi connectivity index (χ0v) is 10.5. The van der Waals surface area contributed by atoms with Crippen LogP contribution in [0.25, 0.3) is 0 Å². The molecule has 0 heterocycles. The molecule has 0 amide bonds. The molecule has 0 atom stereocenters. The summed E-state index contributed by atoms with van der Waals surface area (Å²) in [6.45, 7) is 0. The lowest BCUT2D eigenvalue weighted by Gasteiger charge is -2.06. The summed E-state index contributed by atoms with van der Waals surface area (Å²) in [5.41, 5.74) is 0.411. The molecule has 1 N–H and O–H groups in total. The van der Waals surface area contributed by atoms with Crippen LogP contribution in [-0.4, -0.2) is 13.1 Å². The number of nitrogens with one attached hydrogen (secondary N) is 1. The molecule has 80 valence electrons. The van der Waals surface area contributed by atoms with Crippen molar-refractivity contribution in [3.8, 4) is 6.07 Å². The number of halogens is 2. The lowest BCUT2D eigenvalue weighted by atomic mass is 10.2. The van der Waals surface area contributed by atoms with Gasteiger partial charge in [0.25, 0.3) is 0 Å². The van der Waals surface area contributed by atoms with Gasteiger partial charge < -0.3 is 0 Å². The van der Waals surface area contributed by atoms with Gasteiger partial charge in [-0.1, -0.05) is 27.5 Å². The summed E-state index contributed by atoms with van der Waals surface area (Å²) in [6, 6.07) is 6.21. The highest BCUT2D eigenvalue weighted by atomic mass is 79.9. The number of sulfonamides is 1. The van der Waals surface area contributed by atoms with Gasteiger partial charge in [-0.25, -0.2) is 8.42 Å². The molecule has 0 fully saturated rings. The van der Waals surface area contributed by atoms with Crippen molar-refractivity contribution in [1.82, 2.24) is 0 Å². The minimum atomic E-state index is -3.45. The van der Waals surface area contributed by atoms with Crippen LogP contribution in [0.1, 0.15) is 5.56 Å². The maximum absolute atomic E-state index is 11.2. The third-order valence-corrected chi connectivity index (χ3v) is 4.37. The Morgan fingerprint density at radius 2 is 2.20 bits per heavy atom. The second-order valence-electron chi connectivity index (χ2n) is 2.63. The van der Waals surface area contributed by atoms with Crippen LogP contribution in [0.15, 0.2) is 18.2 Å². The van der Waals surface area contributed by atoms with Crippen molar-refractivity contribution < 1.29 is 8.42 Å². The number of nitrogens with zero attached hydrogens (tertiary/aromatic N) is 1. The van der Waals surface area contributed by atoms with E-state index in [4.69, 9.17) is 16.9 Å². The largest absolute Gasteiger partial charge is 0.282 e. The standard InChI is InChI=1S/C8H6BrClN2O2S/c9-5-15(13,14)12-8-2-1-7(10)3-6(8)4-11/h1-3,12H,5H2. The summed E-state index contributed by atoms with van der Waals surface area (Å²) >= 11 is 8.49. The molecule has 15 heavy (non-hydrogen) atoms. The number of alkyl halides is 1. The zero-order chi connectivity index (χ0) is 11.5. The van der Waals surface area contributed by atoms with E-state index in [0.717, 1.165) is 0 Å². The maximum Gasteiger partial charge on any atom is 0.242 e. The Bertz CT molecular complexity index is 510. The van der Waals surface area contributed by atoms with E-state index in [1.165, 1.54) is 18.2 Å². The molecule has 0 saturated carbocycles. The summed E-state index contributed by atoms with van der Waals surface area (Å²) in [7, 11) is -3.45. The lowest BCUT2D eigenvalue weighted by molar-refractivity contribution is 0.606. The molecule has 0 spiro atoms. The van der Waals surface area contributed by atoms with Crippen molar-refractivity contribution in [2.45, 2.75) is 0 Å². The van der Waals surface area contributed by atoms with Crippen LogP contribution in [-0.2, 0) is 10.0 Å². The van der Waals surface area contributed by atoms with Gasteiger partial charge in [0.05, 0.1) is 11.3 Å². The fraction of sp³-hybridized carbons (Fsp3) is 0.125. The van der Waals surface area contributed by atoms with Crippen molar-refractivity contribution in [1.29, 1.82) is 5.26 Å². The fourth-order valence-corrected chi connectivity index (χ4v) is 1.98. The van der Waals surface area contributed by atoms with E-state index >= 15 is 0 Å². The van der Waals surface area contributed by atoms with Crippen LogP contribution < -0.4 is 4.72 Å². The van der Waals surface area contributed by atoms with Gasteiger partial charge in [-0.2, -0.15) is 5.26 Å². The van der Waals surface area contributed by atoms with Crippen molar-refractivity contribution in [3.63, 3.8) is 0 Å². The predicted octanol–water partition coefficient (Wildman–Crippen LogP) is 2.31. The number of benzene rings is 1. The summed E-state index contributed by atoms with van der Waals surface area (Å²) in [5, 5.41) is 9.14.